The summed E-state index contributed by atoms with van der Waals surface area (Å²) in [5, 5.41) is 18.9. The van der Waals surface area contributed by atoms with Crippen molar-refractivity contribution in [3.63, 3.8) is 0 Å². The first-order chi connectivity index (χ1) is 9.57. The van der Waals surface area contributed by atoms with Gasteiger partial charge in [0, 0.05) is 12.4 Å². The Hall–Kier alpha value is 0.230. The van der Waals surface area contributed by atoms with Gasteiger partial charge in [0.25, 0.3) is 0 Å². The van der Waals surface area contributed by atoms with Crippen molar-refractivity contribution in [2.45, 2.75) is 84.0 Å². The van der Waals surface area contributed by atoms with Crippen molar-refractivity contribution < 1.29 is 14.9 Å². The topological polar surface area (TPSA) is 49.7 Å². The Morgan fingerprint density at radius 3 is 2.30 bits per heavy atom. The van der Waals surface area contributed by atoms with Crippen LogP contribution in [0.2, 0.25) is 0 Å². The minimum Gasteiger partial charge on any atom is -0.393 e. The molecular weight excluding hydrogens is 272 g/mol. The first kappa shape index (κ1) is 20.2. The highest BCUT2D eigenvalue weighted by molar-refractivity contribution is 7.99. The summed E-state index contributed by atoms with van der Waals surface area (Å²) in [5.74, 6) is 1.80. The molecule has 0 aliphatic rings. The summed E-state index contributed by atoms with van der Waals surface area (Å²) in [6.45, 7) is 6.55. The smallest absolute Gasteiger partial charge is 0.0831 e. The Morgan fingerprint density at radius 1 is 1.00 bits per heavy atom. The molecule has 0 saturated heterocycles. The zero-order chi connectivity index (χ0) is 15.2. The van der Waals surface area contributed by atoms with Crippen LogP contribution in [0.1, 0.15) is 65.7 Å². The summed E-state index contributed by atoms with van der Waals surface area (Å²) >= 11 is 1.76. The van der Waals surface area contributed by atoms with E-state index < -0.39 is 0 Å². The second-order valence-electron chi connectivity index (χ2n) is 5.63. The van der Waals surface area contributed by atoms with Crippen LogP contribution in [0.15, 0.2) is 0 Å². The van der Waals surface area contributed by atoms with Gasteiger partial charge in [-0.15, -0.1) is 0 Å². The fraction of sp³-hybridized carbons (Fsp3) is 1.00. The SMILES string of the molecule is CCCCCCCC(OCCCSCC(C)O)C(C)O. The standard InChI is InChI=1S/C16H34O3S/c1-4-5-6-7-8-10-16(15(3)18)19-11-9-12-20-13-14(2)17/h14-18H,4-13H2,1-3H3. The third-order valence-electron chi connectivity index (χ3n) is 3.25. The molecule has 3 unspecified atom stereocenters. The van der Waals surface area contributed by atoms with E-state index in [0.717, 1.165) is 30.8 Å². The van der Waals surface area contributed by atoms with Crippen LogP contribution in [-0.2, 0) is 4.74 Å². The van der Waals surface area contributed by atoms with Crippen molar-refractivity contribution in [1.29, 1.82) is 0 Å². The van der Waals surface area contributed by atoms with E-state index in [-0.39, 0.29) is 18.3 Å². The molecule has 0 fully saturated rings. The maximum absolute atomic E-state index is 9.73. The van der Waals surface area contributed by atoms with Crippen LogP contribution in [0, 0.1) is 0 Å². The number of hydrogen-bond acceptors (Lipinski definition) is 4. The number of aliphatic hydroxyl groups excluding tert-OH is 2. The van der Waals surface area contributed by atoms with E-state index in [2.05, 4.69) is 6.92 Å². The van der Waals surface area contributed by atoms with Gasteiger partial charge in [-0.05, 0) is 32.4 Å². The average Bonchev–Trinajstić information content (AvgIpc) is 2.39. The van der Waals surface area contributed by atoms with Gasteiger partial charge >= 0.3 is 0 Å². The second-order valence-corrected chi connectivity index (χ2v) is 6.78. The molecular formula is C16H34O3S. The number of unbranched alkanes of at least 4 members (excludes halogenated alkanes) is 4. The maximum Gasteiger partial charge on any atom is 0.0831 e. The molecule has 20 heavy (non-hydrogen) atoms. The number of rotatable bonds is 14. The largest absolute Gasteiger partial charge is 0.393 e. The second kappa shape index (κ2) is 14.2. The lowest BCUT2D eigenvalue weighted by Crippen LogP contribution is -2.27. The van der Waals surface area contributed by atoms with E-state index in [1.54, 1.807) is 11.8 Å². The lowest BCUT2D eigenvalue weighted by atomic mass is 10.1. The van der Waals surface area contributed by atoms with Crippen LogP contribution >= 0.6 is 11.8 Å². The lowest BCUT2D eigenvalue weighted by Gasteiger charge is -2.20. The van der Waals surface area contributed by atoms with Gasteiger partial charge < -0.3 is 14.9 Å². The summed E-state index contributed by atoms with van der Waals surface area (Å²) in [7, 11) is 0. The van der Waals surface area contributed by atoms with Crippen LogP contribution in [0.3, 0.4) is 0 Å². The first-order valence-corrected chi connectivity index (χ1v) is 9.28. The number of hydrogen-bond donors (Lipinski definition) is 2. The molecule has 0 aromatic heterocycles. The normalized spacial score (nSPS) is 16.1. The van der Waals surface area contributed by atoms with Crippen molar-refractivity contribution in [1.82, 2.24) is 0 Å². The van der Waals surface area contributed by atoms with Gasteiger partial charge in [0.15, 0.2) is 0 Å². The Kier molecular flexibility index (Phi) is 14.3. The van der Waals surface area contributed by atoms with Crippen molar-refractivity contribution in [2.75, 3.05) is 18.1 Å². The predicted octanol–water partition coefficient (Wildman–Crippen LogP) is 3.62. The molecule has 0 radical (unpaired) electrons. The highest BCUT2D eigenvalue weighted by Gasteiger charge is 2.14. The van der Waals surface area contributed by atoms with Crippen molar-refractivity contribution in [3.8, 4) is 0 Å². The van der Waals surface area contributed by atoms with Crippen molar-refractivity contribution >= 4 is 11.8 Å². The first-order valence-electron chi connectivity index (χ1n) is 8.13. The van der Waals surface area contributed by atoms with Gasteiger partial charge in [0.1, 0.15) is 0 Å². The van der Waals surface area contributed by atoms with E-state index >= 15 is 0 Å². The van der Waals surface area contributed by atoms with E-state index in [1.807, 2.05) is 13.8 Å². The van der Waals surface area contributed by atoms with Gasteiger partial charge in [-0.1, -0.05) is 39.0 Å². The van der Waals surface area contributed by atoms with Crippen LogP contribution in [0.5, 0.6) is 0 Å². The minimum absolute atomic E-state index is 0.0154. The molecule has 0 aliphatic carbocycles. The van der Waals surface area contributed by atoms with E-state index in [4.69, 9.17) is 9.84 Å². The van der Waals surface area contributed by atoms with Gasteiger partial charge in [-0.25, -0.2) is 0 Å². The summed E-state index contributed by atoms with van der Waals surface area (Å²) < 4.78 is 5.79. The minimum atomic E-state index is -0.383. The zero-order valence-corrected chi connectivity index (χ0v) is 14.3. The third kappa shape index (κ3) is 13.2. The molecule has 0 amide bonds. The molecule has 0 saturated carbocycles. The number of thioether (sulfide) groups is 1. The van der Waals surface area contributed by atoms with Gasteiger partial charge in [0.2, 0.25) is 0 Å². The zero-order valence-electron chi connectivity index (χ0n) is 13.5. The fourth-order valence-corrected chi connectivity index (χ4v) is 2.89. The van der Waals surface area contributed by atoms with Crippen molar-refractivity contribution in [2.24, 2.45) is 0 Å². The van der Waals surface area contributed by atoms with Crippen LogP contribution < -0.4 is 0 Å². The molecule has 3 atom stereocenters. The molecule has 0 heterocycles. The summed E-state index contributed by atoms with van der Waals surface area (Å²) in [6.07, 6.45) is 7.56. The molecule has 0 bridgehead atoms. The van der Waals surface area contributed by atoms with Crippen molar-refractivity contribution in [3.05, 3.63) is 0 Å². The highest BCUT2D eigenvalue weighted by Crippen LogP contribution is 2.13. The number of aliphatic hydroxyl groups is 2. The third-order valence-corrected chi connectivity index (χ3v) is 4.55. The molecule has 122 valence electrons. The summed E-state index contributed by atoms with van der Waals surface area (Å²) in [5.41, 5.74) is 0. The van der Waals surface area contributed by atoms with Crippen LogP contribution in [-0.4, -0.2) is 46.6 Å². The average molecular weight is 307 g/mol. The molecule has 0 aromatic carbocycles. The highest BCUT2D eigenvalue weighted by atomic mass is 32.2. The quantitative estimate of drug-likeness (QED) is 0.481. The molecule has 0 spiro atoms. The molecule has 0 rings (SSSR count). The monoisotopic (exact) mass is 306 g/mol. The van der Waals surface area contributed by atoms with Crippen LogP contribution in [0.4, 0.5) is 0 Å². The van der Waals surface area contributed by atoms with Gasteiger partial charge in [-0.3, -0.25) is 0 Å². The van der Waals surface area contributed by atoms with E-state index in [1.165, 1.54) is 25.7 Å². The van der Waals surface area contributed by atoms with Gasteiger partial charge in [0.05, 0.1) is 18.3 Å². The molecule has 4 heteroatoms. The van der Waals surface area contributed by atoms with E-state index in [0.29, 0.717) is 6.61 Å². The summed E-state index contributed by atoms with van der Waals surface area (Å²) in [6, 6.07) is 0. The molecule has 0 aliphatic heterocycles. The van der Waals surface area contributed by atoms with Crippen LogP contribution in [0.25, 0.3) is 0 Å². The molecule has 0 aromatic rings. The Labute approximate surface area is 129 Å². The fourth-order valence-electron chi connectivity index (χ4n) is 2.06. The summed E-state index contributed by atoms with van der Waals surface area (Å²) in [4.78, 5) is 0. The van der Waals surface area contributed by atoms with E-state index in [9.17, 15) is 5.11 Å². The number of ether oxygens (including phenoxy) is 1. The maximum atomic E-state index is 9.73. The molecule has 3 nitrogen and oxygen atoms in total. The Balaban J connectivity index is 3.54. The van der Waals surface area contributed by atoms with Gasteiger partial charge in [-0.2, -0.15) is 11.8 Å². The Morgan fingerprint density at radius 2 is 1.70 bits per heavy atom. The predicted molar refractivity (Wildman–Crippen MR) is 88.4 cm³/mol. The Bertz CT molecular complexity index is 198. The lowest BCUT2D eigenvalue weighted by molar-refractivity contribution is -0.0341. The molecule has 2 N–H and O–H groups in total.